The molecule has 2 heterocycles. The minimum Gasteiger partial charge on any atom is -0.394 e. The van der Waals surface area contributed by atoms with E-state index in [0.29, 0.717) is 0 Å². The molecule has 1 fully saturated rings. The number of nitrogens with two attached hydrogens (primary N) is 1. The third kappa shape index (κ3) is 3.76. The van der Waals surface area contributed by atoms with E-state index in [0.717, 1.165) is 43.3 Å². The Morgan fingerprint density at radius 3 is 2.21 bits per heavy atom. The first-order chi connectivity index (χ1) is 18.5. The number of aliphatic hydroxyl groups is 3. The van der Waals surface area contributed by atoms with Gasteiger partial charge in [0.1, 0.15) is 24.5 Å². The van der Waals surface area contributed by atoms with Crippen molar-refractivity contribution in [3.05, 3.63) is 84.6 Å². The highest BCUT2D eigenvalue weighted by Crippen LogP contribution is 2.41. The minimum absolute atomic E-state index is 0. The van der Waals surface area contributed by atoms with Crippen molar-refractivity contribution in [2.45, 2.75) is 37.3 Å². The van der Waals surface area contributed by atoms with Crippen molar-refractivity contribution in [2.24, 2.45) is 5.73 Å². The van der Waals surface area contributed by atoms with Crippen molar-refractivity contribution >= 4 is 61.5 Å². The normalized spacial score (nSPS) is 25.4. The lowest BCUT2D eigenvalue weighted by Gasteiger charge is -2.39. The van der Waals surface area contributed by atoms with Crippen LogP contribution in [0.15, 0.2) is 79.0 Å². The number of fused-ring (bicyclic) bond motifs is 2. The topological polar surface area (TPSA) is 119 Å². The van der Waals surface area contributed by atoms with Gasteiger partial charge in [-0.15, -0.1) is 12.4 Å². The molecule has 39 heavy (non-hydrogen) atoms. The van der Waals surface area contributed by atoms with Crippen LogP contribution < -0.4 is 5.73 Å². The van der Waals surface area contributed by atoms with E-state index in [2.05, 4.69) is 54.6 Å². The SMILES string of the molecule is Cl.NC1C=CN([C@@H]2O[C@H](CO)[C@@H](O)[C@H]2O)C(=O)N1Cc1c2ccccc2c2ccc3cccc4ccc1c2c43. The summed E-state index contributed by atoms with van der Waals surface area (Å²) in [4.78, 5) is 16.5. The summed E-state index contributed by atoms with van der Waals surface area (Å²) in [6.45, 7) is -0.247. The van der Waals surface area contributed by atoms with Gasteiger partial charge in [-0.2, -0.15) is 0 Å². The predicted octanol–water partition coefficient (Wildman–Crippen LogP) is 3.63. The maximum absolute atomic E-state index is 13.8. The first kappa shape index (κ1) is 25.8. The highest BCUT2D eigenvalue weighted by Gasteiger charge is 2.48. The lowest BCUT2D eigenvalue weighted by molar-refractivity contribution is -0.0716. The monoisotopic (exact) mass is 545 g/mol. The van der Waals surface area contributed by atoms with Gasteiger partial charge in [-0.05, 0) is 54.7 Å². The van der Waals surface area contributed by atoms with E-state index in [1.807, 2.05) is 12.1 Å². The van der Waals surface area contributed by atoms with Crippen molar-refractivity contribution < 1.29 is 24.9 Å². The lowest BCUT2D eigenvalue weighted by atomic mass is 9.87. The molecule has 1 saturated heterocycles. The Kier molecular flexibility index (Phi) is 6.34. The van der Waals surface area contributed by atoms with Crippen LogP contribution in [0.25, 0.3) is 43.1 Å². The molecule has 1 unspecified atom stereocenters. The van der Waals surface area contributed by atoms with Crippen LogP contribution in [0.4, 0.5) is 4.79 Å². The van der Waals surface area contributed by atoms with E-state index in [4.69, 9.17) is 10.5 Å². The van der Waals surface area contributed by atoms with E-state index in [-0.39, 0.29) is 19.0 Å². The predicted molar refractivity (Wildman–Crippen MR) is 153 cm³/mol. The number of carbonyl (C=O) groups excluding carboxylic acids is 1. The van der Waals surface area contributed by atoms with Gasteiger partial charge in [0.25, 0.3) is 0 Å². The maximum Gasteiger partial charge on any atom is 0.328 e. The number of aliphatic hydroxyl groups excluding tert-OH is 3. The highest BCUT2D eigenvalue weighted by atomic mass is 35.5. The van der Waals surface area contributed by atoms with Crippen LogP contribution in [0.1, 0.15) is 5.56 Å². The largest absolute Gasteiger partial charge is 0.394 e. The van der Waals surface area contributed by atoms with Gasteiger partial charge in [0.15, 0.2) is 6.23 Å². The molecule has 2 aliphatic rings. The van der Waals surface area contributed by atoms with Crippen LogP contribution in [0, 0.1) is 0 Å². The molecule has 5 atom stereocenters. The minimum atomic E-state index is -1.37. The lowest BCUT2D eigenvalue weighted by Crippen LogP contribution is -2.56. The number of urea groups is 1. The summed E-state index contributed by atoms with van der Waals surface area (Å²) in [6, 6.07) is 22.6. The van der Waals surface area contributed by atoms with Gasteiger partial charge < -0.3 is 30.7 Å². The van der Waals surface area contributed by atoms with Crippen LogP contribution in [0.5, 0.6) is 0 Å². The van der Waals surface area contributed by atoms with E-state index in [1.54, 1.807) is 6.08 Å². The van der Waals surface area contributed by atoms with Gasteiger partial charge >= 0.3 is 6.03 Å². The fourth-order valence-electron chi connectivity index (χ4n) is 6.13. The second-order valence-corrected chi connectivity index (χ2v) is 10.1. The summed E-state index contributed by atoms with van der Waals surface area (Å²) in [5.41, 5.74) is 7.40. The molecule has 0 spiro atoms. The van der Waals surface area contributed by atoms with E-state index < -0.39 is 43.3 Å². The summed E-state index contributed by atoms with van der Waals surface area (Å²) < 4.78 is 5.63. The van der Waals surface area contributed by atoms with Gasteiger partial charge in [0.2, 0.25) is 0 Å². The molecule has 7 rings (SSSR count). The molecule has 200 valence electrons. The molecule has 5 aromatic carbocycles. The Morgan fingerprint density at radius 1 is 0.821 bits per heavy atom. The quantitative estimate of drug-likeness (QED) is 0.202. The van der Waals surface area contributed by atoms with Gasteiger partial charge in [-0.1, -0.05) is 66.7 Å². The van der Waals surface area contributed by atoms with Gasteiger partial charge in [0.05, 0.1) is 13.2 Å². The van der Waals surface area contributed by atoms with Crippen LogP contribution >= 0.6 is 12.4 Å². The number of nitrogens with zero attached hydrogens (tertiary/aromatic N) is 2. The third-order valence-electron chi connectivity index (χ3n) is 8.03. The Morgan fingerprint density at radius 2 is 1.51 bits per heavy atom. The van der Waals surface area contributed by atoms with Crippen LogP contribution in [-0.2, 0) is 11.3 Å². The number of carbonyl (C=O) groups is 1. The molecule has 0 saturated carbocycles. The van der Waals surface area contributed by atoms with Gasteiger partial charge in [-0.25, -0.2) is 4.79 Å². The zero-order valence-corrected chi connectivity index (χ0v) is 21.7. The Bertz CT molecular complexity index is 1730. The Hall–Kier alpha value is -3.50. The summed E-state index contributed by atoms with van der Waals surface area (Å²) >= 11 is 0. The Balaban J connectivity index is 0.00000277. The number of ether oxygens (including phenoxy) is 1. The molecule has 2 aliphatic heterocycles. The first-order valence-corrected chi connectivity index (χ1v) is 12.7. The molecule has 0 aromatic heterocycles. The summed E-state index contributed by atoms with van der Waals surface area (Å²) in [5, 5.41) is 39.3. The summed E-state index contributed by atoms with van der Waals surface area (Å²) in [7, 11) is 0. The molecule has 5 aromatic rings. The molecule has 0 bridgehead atoms. The number of halogens is 1. The Labute approximate surface area is 230 Å². The van der Waals surface area contributed by atoms with Crippen LogP contribution in [0.2, 0.25) is 0 Å². The number of benzene rings is 5. The molecular formula is C30H28ClN3O5. The van der Waals surface area contributed by atoms with E-state index in [9.17, 15) is 20.1 Å². The molecule has 2 amide bonds. The van der Waals surface area contributed by atoms with Crippen molar-refractivity contribution in [1.82, 2.24) is 9.80 Å². The number of hydrogen-bond donors (Lipinski definition) is 4. The number of hydrogen-bond acceptors (Lipinski definition) is 6. The fraction of sp³-hybridized carbons (Fsp3) is 0.233. The van der Waals surface area contributed by atoms with Crippen molar-refractivity contribution in [2.75, 3.05) is 6.61 Å². The summed E-state index contributed by atoms with van der Waals surface area (Å²) in [5.74, 6) is 0. The summed E-state index contributed by atoms with van der Waals surface area (Å²) in [6.07, 6.45) is -2.36. The van der Waals surface area contributed by atoms with Crippen LogP contribution in [0.3, 0.4) is 0 Å². The molecule has 0 radical (unpaired) electrons. The maximum atomic E-state index is 13.8. The molecule has 0 aliphatic carbocycles. The van der Waals surface area contributed by atoms with Crippen molar-refractivity contribution in [3.8, 4) is 0 Å². The number of rotatable bonds is 4. The van der Waals surface area contributed by atoms with E-state index >= 15 is 0 Å². The average molecular weight is 546 g/mol. The van der Waals surface area contributed by atoms with Gasteiger partial charge in [-0.3, -0.25) is 4.90 Å². The van der Waals surface area contributed by atoms with Gasteiger partial charge in [0, 0.05) is 6.20 Å². The standard InChI is InChI=1S/C30H27N3O5.ClH/c31-24-12-13-32(29-28(36)27(35)23(15-34)38-29)30(37)33(24)14-22-19-7-2-1-6-18(19)20-10-8-16-4-3-5-17-9-11-21(22)26(20)25(16)17;/h1-13,23-24,27-29,34-36H,14-15,31H2;1H/t23-,24?,27-,28-,29-;/m1./s1. The molecular weight excluding hydrogens is 518 g/mol. The fourth-order valence-corrected chi connectivity index (χ4v) is 6.13. The van der Waals surface area contributed by atoms with Crippen LogP contribution in [-0.4, -0.2) is 68.5 Å². The zero-order valence-electron chi connectivity index (χ0n) is 20.8. The molecule has 5 N–H and O–H groups in total. The average Bonchev–Trinajstić information content (AvgIpc) is 3.23. The second kappa shape index (κ2) is 9.60. The smallest absolute Gasteiger partial charge is 0.328 e. The zero-order chi connectivity index (χ0) is 26.1. The van der Waals surface area contributed by atoms with Crippen molar-refractivity contribution in [1.29, 1.82) is 0 Å². The van der Waals surface area contributed by atoms with E-state index in [1.165, 1.54) is 21.4 Å². The number of amides is 2. The third-order valence-corrected chi connectivity index (χ3v) is 8.03. The molecule has 8 nitrogen and oxygen atoms in total. The second-order valence-electron chi connectivity index (χ2n) is 10.1. The first-order valence-electron chi connectivity index (χ1n) is 12.7. The highest BCUT2D eigenvalue weighted by molar-refractivity contribution is 6.30. The van der Waals surface area contributed by atoms with Crippen molar-refractivity contribution in [3.63, 3.8) is 0 Å². The molecule has 9 heteroatoms.